The first-order chi connectivity index (χ1) is 8.99. The van der Waals surface area contributed by atoms with Gasteiger partial charge in [-0.3, -0.25) is 0 Å². The number of fused-ring (bicyclic) bond motifs is 1. The van der Waals surface area contributed by atoms with Crippen LogP contribution in [0.15, 0.2) is 18.2 Å². The standard InChI is InChI=1S/C12H13ClN2O2S2/c13-9-4-1-5-10-11(9)15(12(18)14-10)7-8-3-2-6-19(8,16)17/h1,4-5,8H,2-3,6-7H2,(H,14,18). The highest BCUT2D eigenvalue weighted by Crippen LogP contribution is 2.27. The van der Waals surface area contributed by atoms with E-state index in [-0.39, 0.29) is 11.0 Å². The van der Waals surface area contributed by atoms with Gasteiger partial charge in [0, 0.05) is 6.54 Å². The number of aromatic nitrogens is 2. The summed E-state index contributed by atoms with van der Waals surface area (Å²) >= 11 is 11.5. The van der Waals surface area contributed by atoms with Gasteiger partial charge in [0.05, 0.1) is 27.1 Å². The van der Waals surface area contributed by atoms with E-state index in [1.165, 1.54) is 0 Å². The third-order valence-corrected chi connectivity index (χ3v) is 6.48. The number of H-pyrrole nitrogens is 1. The minimum atomic E-state index is -2.99. The van der Waals surface area contributed by atoms with Crippen LogP contribution in [0.5, 0.6) is 0 Å². The van der Waals surface area contributed by atoms with Crippen molar-refractivity contribution in [1.29, 1.82) is 0 Å². The van der Waals surface area contributed by atoms with Crippen LogP contribution < -0.4 is 0 Å². The lowest BCUT2D eigenvalue weighted by molar-refractivity contribution is 0.568. The third kappa shape index (κ3) is 2.22. The zero-order valence-corrected chi connectivity index (χ0v) is 12.5. The van der Waals surface area contributed by atoms with Crippen molar-refractivity contribution in [1.82, 2.24) is 9.55 Å². The van der Waals surface area contributed by atoms with Gasteiger partial charge in [-0.15, -0.1) is 0 Å². The summed E-state index contributed by atoms with van der Waals surface area (Å²) < 4.78 is 26.2. The van der Waals surface area contributed by atoms with E-state index in [9.17, 15) is 8.42 Å². The largest absolute Gasteiger partial charge is 0.331 e. The van der Waals surface area contributed by atoms with Gasteiger partial charge in [-0.2, -0.15) is 0 Å². The summed E-state index contributed by atoms with van der Waals surface area (Å²) in [6.45, 7) is 0.380. The molecule has 1 unspecified atom stereocenters. The summed E-state index contributed by atoms with van der Waals surface area (Å²) in [4.78, 5) is 3.07. The van der Waals surface area contributed by atoms with E-state index in [1.807, 2.05) is 12.1 Å². The molecule has 1 atom stereocenters. The summed E-state index contributed by atoms with van der Waals surface area (Å²) in [7, 11) is -2.99. The molecule has 1 fully saturated rings. The minimum Gasteiger partial charge on any atom is -0.331 e. The van der Waals surface area contributed by atoms with Crippen LogP contribution in [0.25, 0.3) is 11.0 Å². The van der Waals surface area contributed by atoms with E-state index in [4.69, 9.17) is 23.8 Å². The van der Waals surface area contributed by atoms with Gasteiger partial charge in [-0.05, 0) is 37.2 Å². The highest BCUT2D eigenvalue weighted by molar-refractivity contribution is 7.92. The van der Waals surface area contributed by atoms with Gasteiger partial charge in [-0.1, -0.05) is 17.7 Å². The molecule has 7 heteroatoms. The molecule has 1 aromatic heterocycles. The van der Waals surface area contributed by atoms with Crippen LogP contribution in [0.1, 0.15) is 12.8 Å². The number of hydrogen-bond donors (Lipinski definition) is 1. The molecule has 0 radical (unpaired) electrons. The minimum absolute atomic E-state index is 0.279. The number of para-hydroxylation sites is 1. The fraction of sp³-hybridized carbons (Fsp3) is 0.417. The Morgan fingerprint density at radius 2 is 2.26 bits per heavy atom. The van der Waals surface area contributed by atoms with Crippen molar-refractivity contribution in [3.8, 4) is 0 Å². The van der Waals surface area contributed by atoms with Gasteiger partial charge in [-0.25, -0.2) is 8.42 Å². The van der Waals surface area contributed by atoms with E-state index < -0.39 is 9.84 Å². The summed E-state index contributed by atoms with van der Waals surface area (Å²) in [6, 6.07) is 5.51. The Hall–Kier alpha value is -0.850. The molecule has 19 heavy (non-hydrogen) atoms. The Kier molecular flexibility index (Phi) is 3.19. The summed E-state index contributed by atoms with van der Waals surface area (Å²) in [5.41, 5.74) is 1.63. The average molecular weight is 317 g/mol. The Labute approximate surface area is 121 Å². The maximum absolute atomic E-state index is 11.9. The first-order valence-electron chi connectivity index (χ1n) is 6.07. The highest BCUT2D eigenvalue weighted by atomic mass is 35.5. The smallest absolute Gasteiger partial charge is 0.178 e. The molecule has 102 valence electrons. The van der Waals surface area contributed by atoms with Crippen molar-refractivity contribution in [2.75, 3.05) is 5.75 Å². The first-order valence-corrected chi connectivity index (χ1v) is 8.58. The first kappa shape index (κ1) is 13.1. The molecule has 1 saturated heterocycles. The molecule has 4 nitrogen and oxygen atoms in total. The number of hydrogen-bond acceptors (Lipinski definition) is 3. The van der Waals surface area contributed by atoms with Gasteiger partial charge in [0.15, 0.2) is 14.6 Å². The van der Waals surface area contributed by atoms with Crippen molar-refractivity contribution >= 4 is 44.7 Å². The molecular formula is C12H13ClN2O2S2. The molecular weight excluding hydrogens is 304 g/mol. The Bertz CT molecular complexity index is 792. The summed E-state index contributed by atoms with van der Waals surface area (Å²) in [5, 5.41) is 0.231. The molecule has 0 saturated carbocycles. The second-order valence-corrected chi connectivity index (χ2v) is 8.00. The number of nitrogens with zero attached hydrogens (tertiary/aromatic N) is 1. The van der Waals surface area contributed by atoms with E-state index in [1.54, 1.807) is 10.6 Å². The number of imidazole rings is 1. The van der Waals surface area contributed by atoms with Crippen LogP contribution in [0, 0.1) is 4.77 Å². The van der Waals surface area contributed by atoms with Crippen LogP contribution in [-0.2, 0) is 16.4 Å². The SMILES string of the molecule is O=S1(=O)CCCC1Cn1c(=S)[nH]c2cccc(Cl)c21. The monoisotopic (exact) mass is 316 g/mol. The Morgan fingerprint density at radius 3 is 2.95 bits per heavy atom. The van der Waals surface area contributed by atoms with Crippen LogP contribution in [0.2, 0.25) is 5.02 Å². The quantitative estimate of drug-likeness (QED) is 0.867. The number of benzene rings is 1. The zero-order valence-electron chi connectivity index (χ0n) is 10.1. The number of nitrogens with one attached hydrogen (secondary N) is 1. The van der Waals surface area contributed by atoms with Gasteiger partial charge in [0.25, 0.3) is 0 Å². The molecule has 1 aliphatic heterocycles. The van der Waals surface area contributed by atoms with Crippen LogP contribution in [0.3, 0.4) is 0 Å². The van der Waals surface area contributed by atoms with Crippen molar-refractivity contribution < 1.29 is 8.42 Å². The summed E-state index contributed by atoms with van der Waals surface area (Å²) in [6.07, 6.45) is 1.43. The molecule has 2 aromatic rings. The predicted octanol–water partition coefficient (Wildman–Crippen LogP) is 2.93. The lowest BCUT2D eigenvalue weighted by Crippen LogP contribution is -2.22. The van der Waals surface area contributed by atoms with E-state index in [0.29, 0.717) is 22.8 Å². The predicted molar refractivity (Wildman–Crippen MR) is 78.9 cm³/mol. The molecule has 0 amide bonds. The van der Waals surface area contributed by atoms with E-state index in [0.717, 1.165) is 17.5 Å². The zero-order chi connectivity index (χ0) is 13.6. The van der Waals surface area contributed by atoms with Crippen LogP contribution in [0.4, 0.5) is 0 Å². The molecule has 2 heterocycles. The number of halogens is 1. The van der Waals surface area contributed by atoms with Gasteiger partial charge >= 0.3 is 0 Å². The molecule has 1 aromatic carbocycles. The van der Waals surface area contributed by atoms with E-state index >= 15 is 0 Å². The second-order valence-electron chi connectivity index (χ2n) is 4.81. The average Bonchev–Trinajstić information content (AvgIpc) is 2.82. The fourth-order valence-electron chi connectivity index (χ4n) is 2.62. The molecule has 3 rings (SSSR count). The Morgan fingerprint density at radius 1 is 1.47 bits per heavy atom. The number of aromatic amines is 1. The third-order valence-electron chi connectivity index (χ3n) is 3.59. The lowest BCUT2D eigenvalue weighted by Gasteiger charge is -2.11. The molecule has 1 N–H and O–H groups in total. The highest BCUT2D eigenvalue weighted by Gasteiger charge is 2.32. The van der Waals surface area contributed by atoms with E-state index in [2.05, 4.69) is 4.98 Å². The second kappa shape index (κ2) is 4.61. The van der Waals surface area contributed by atoms with Gasteiger partial charge in [0.1, 0.15) is 0 Å². The van der Waals surface area contributed by atoms with Crippen LogP contribution in [-0.4, -0.2) is 29.0 Å². The molecule has 1 aliphatic rings. The van der Waals surface area contributed by atoms with Gasteiger partial charge < -0.3 is 9.55 Å². The topological polar surface area (TPSA) is 54.9 Å². The number of rotatable bonds is 2. The van der Waals surface area contributed by atoms with Crippen LogP contribution >= 0.6 is 23.8 Å². The summed E-state index contributed by atoms with van der Waals surface area (Å²) in [5.74, 6) is 0.279. The fourth-order valence-corrected chi connectivity index (χ4v) is 4.97. The maximum Gasteiger partial charge on any atom is 0.178 e. The number of sulfone groups is 1. The lowest BCUT2D eigenvalue weighted by atomic mass is 10.2. The Balaban J connectivity index is 2.11. The van der Waals surface area contributed by atoms with Crippen molar-refractivity contribution in [3.05, 3.63) is 28.0 Å². The van der Waals surface area contributed by atoms with Gasteiger partial charge in [0.2, 0.25) is 0 Å². The molecule has 0 bridgehead atoms. The maximum atomic E-state index is 11.9. The van der Waals surface area contributed by atoms with Crippen molar-refractivity contribution in [2.24, 2.45) is 0 Å². The van der Waals surface area contributed by atoms with Crippen molar-refractivity contribution in [3.63, 3.8) is 0 Å². The van der Waals surface area contributed by atoms with Crippen molar-refractivity contribution in [2.45, 2.75) is 24.6 Å². The molecule has 0 aliphatic carbocycles. The molecule has 0 spiro atoms. The normalized spacial score (nSPS) is 22.1.